The summed E-state index contributed by atoms with van der Waals surface area (Å²) in [6.07, 6.45) is 1.52. The van der Waals surface area contributed by atoms with Crippen LogP contribution in [0.5, 0.6) is 5.75 Å². The topological polar surface area (TPSA) is 50.7 Å². The molecular weight excluding hydrogens is 334 g/mol. The molecule has 0 saturated heterocycles. The van der Waals surface area contributed by atoms with Crippen molar-refractivity contribution in [3.05, 3.63) is 28.2 Å². The third-order valence-electron chi connectivity index (χ3n) is 2.98. The SMILES string of the molecule is CCCCOCC(O)COc1ccc(Br)c(CNCC)c1. The lowest BCUT2D eigenvalue weighted by molar-refractivity contribution is 0.0113. The summed E-state index contributed by atoms with van der Waals surface area (Å²) in [5, 5.41) is 13.1. The molecule has 0 saturated carbocycles. The highest BCUT2D eigenvalue weighted by atomic mass is 79.9. The Morgan fingerprint density at radius 3 is 2.81 bits per heavy atom. The van der Waals surface area contributed by atoms with Crippen LogP contribution >= 0.6 is 15.9 Å². The number of halogens is 1. The molecular formula is C16H26BrNO3. The standard InChI is InChI=1S/C16H26BrNO3/c1-3-5-8-20-11-14(19)12-21-15-6-7-16(17)13(9-15)10-18-4-2/h6-7,9,14,18-19H,3-5,8,10-12H2,1-2H3. The van der Waals surface area contributed by atoms with Crippen LogP contribution in [-0.4, -0.2) is 37.6 Å². The van der Waals surface area contributed by atoms with Crippen LogP contribution < -0.4 is 10.1 Å². The van der Waals surface area contributed by atoms with E-state index in [2.05, 4.69) is 35.1 Å². The molecule has 0 aliphatic heterocycles. The predicted molar refractivity (Wildman–Crippen MR) is 88.8 cm³/mol. The van der Waals surface area contributed by atoms with Gasteiger partial charge in [-0.15, -0.1) is 0 Å². The number of ether oxygens (including phenoxy) is 2. The van der Waals surface area contributed by atoms with E-state index in [1.807, 2.05) is 18.2 Å². The van der Waals surface area contributed by atoms with Crippen LogP contribution in [0.2, 0.25) is 0 Å². The molecule has 2 N–H and O–H groups in total. The minimum absolute atomic E-state index is 0.244. The fourth-order valence-corrected chi connectivity index (χ4v) is 2.13. The van der Waals surface area contributed by atoms with Crippen LogP contribution in [0.15, 0.2) is 22.7 Å². The van der Waals surface area contributed by atoms with Gasteiger partial charge in [-0.1, -0.05) is 36.2 Å². The Hall–Kier alpha value is -0.620. The molecule has 21 heavy (non-hydrogen) atoms. The highest BCUT2D eigenvalue weighted by Crippen LogP contribution is 2.22. The average Bonchev–Trinajstić information content (AvgIpc) is 2.49. The fourth-order valence-electron chi connectivity index (χ4n) is 1.74. The molecule has 0 aromatic heterocycles. The first-order valence-electron chi connectivity index (χ1n) is 7.55. The number of rotatable bonds is 11. The van der Waals surface area contributed by atoms with Gasteiger partial charge in [0.05, 0.1) is 6.61 Å². The molecule has 1 unspecified atom stereocenters. The van der Waals surface area contributed by atoms with Gasteiger partial charge in [0.1, 0.15) is 18.5 Å². The molecule has 1 aromatic rings. The molecule has 1 aromatic carbocycles. The third-order valence-corrected chi connectivity index (χ3v) is 3.75. The maximum atomic E-state index is 9.80. The fraction of sp³-hybridized carbons (Fsp3) is 0.625. The number of aliphatic hydroxyl groups is 1. The summed E-state index contributed by atoms with van der Waals surface area (Å²) in [7, 11) is 0. The molecule has 0 bridgehead atoms. The average molecular weight is 360 g/mol. The number of hydrogen-bond donors (Lipinski definition) is 2. The van der Waals surface area contributed by atoms with Crippen molar-refractivity contribution in [2.45, 2.75) is 39.3 Å². The van der Waals surface area contributed by atoms with Gasteiger partial charge in [0.25, 0.3) is 0 Å². The highest BCUT2D eigenvalue weighted by Gasteiger charge is 2.07. The lowest BCUT2D eigenvalue weighted by atomic mass is 10.2. The van der Waals surface area contributed by atoms with Gasteiger partial charge in [-0.25, -0.2) is 0 Å². The first-order chi connectivity index (χ1) is 10.2. The Morgan fingerprint density at radius 1 is 1.29 bits per heavy atom. The maximum Gasteiger partial charge on any atom is 0.119 e. The van der Waals surface area contributed by atoms with E-state index in [1.165, 1.54) is 0 Å². The highest BCUT2D eigenvalue weighted by molar-refractivity contribution is 9.10. The summed E-state index contributed by atoms with van der Waals surface area (Å²) in [6.45, 7) is 7.15. The van der Waals surface area contributed by atoms with Crippen molar-refractivity contribution < 1.29 is 14.6 Å². The molecule has 0 heterocycles. The van der Waals surface area contributed by atoms with Crippen molar-refractivity contribution in [1.29, 1.82) is 0 Å². The smallest absolute Gasteiger partial charge is 0.119 e. The Morgan fingerprint density at radius 2 is 2.10 bits per heavy atom. The van der Waals surface area contributed by atoms with E-state index >= 15 is 0 Å². The number of benzene rings is 1. The molecule has 0 spiro atoms. The van der Waals surface area contributed by atoms with Gasteiger partial charge in [-0.3, -0.25) is 0 Å². The third kappa shape index (κ3) is 7.81. The van der Waals surface area contributed by atoms with E-state index in [9.17, 15) is 5.11 Å². The van der Waals surface area contributed by atoms with Crippen LogP contribution in [0, 0.1) is 0 Å². The van der Waals surface area contributed by atoms with Crippen LogP contribution in [-0.2, 0) is 11.3 Å². The number of nitrogens with one attached hydrogen (secondary N) is 1. The summed E-state index contributed by atoms with van der Waals surface area (Å²) >= 11 is 3.52. The lowest BCUT2D eigenvalue weighted by Gasteiger charge is -2.14. The quantitative estimate of drug-likeness (QED) is 0.596. The normalized spacial score (nSPS) is 12.4. The van der Waals surface area contributed by atoms with Gasteiger partial charge in [-0.2, -0.15) is 0 Å². The van der Waals surface area contributed by atoms with Crippen LogP contribution in [0.3, 0.4) is 0 Å². The maximum absolute atomic E-state index is 9.80. The van der Waals surface area contributed by atoms with Crippen molar-refractivity contribution in [3.8, 4) is 5.75 Å². The van der Waals surface area contributed by atoms with Crippen molar-refractivity contribution in [2.24, 2.45) is 0 Å². The van der Waals surface area contributed by atoms with E-state index in [0.717, 1.165) is 41.7 Å². The predicted octanol–water partition coefficient (Wildman–Crippen LogP) is 3.12. The number of unbranched alkanes of at least 4 members (excludes halogenated alkanes) is 1. The first-order valence-corrected chi connectivity index (χ1v) is 8.34. The molecule has 0 aliphatic rings. The molecule has 0 aliphatic carbocycles. The first kappa shape index (κ1) is 18.4. The summed E-state index contributed by atoms with van der Waals surface area (Å²) in [5.41, 5.74) is 1.14. The van der Waals surface area contributed by atoms with Crippen molar-refractivity contribution in [3.63, 3.8) is 0 Å². The second-order valence-corrected chi connectivity index (χ2v) is 5.78. The van der Waals surface area contributed by atoms with Gasteiger partial charge in [0.15, 0.2) is 0 Å². The van der Waals surface area contributed by atoms with Crippen LogP contribution in [0.4, 0.5) is 0 Å². The zero-order valence-corrected chi connectivity index (χ0v) is 14.5. The van der Waals surface area contributed by atoms with E-state index in [0.29, 0.717) is 13.2 Å². The lowest BCUT2D eigenvalue weighted by Crippen LogP contribution is -2.23. The number of hydrogen-bond acceptors (Lipinski definition) is 4. The van der Waals surface area contributed by atoms with Gasteiger partial charge in [0, 0.05) is 17.6 Å². The molecule has 120 valence electrons. The Balaban J connectivity index is 2.37. The van der Waals surface area contributed by atoms with Gasteiger partial charge >= 0.3 is 0 Å². The zero-order valence-electron chi connectivity index (χ0n) is 12.9. The molecule has 1 atom stereocenters. The van der Waals surface area contributed by atoms with Gasteiger partial charge < -0.3 is 19.9 Å². The van der Waals surface area contributed by atoms with E-state index in [1.54, 1.807) is 0 Å². The van der Waals surface area contributed by atoms with E-state index in [-0.39, 0.29) is 6.61 Å². The minimum Gasteiger partial charge on any atom is -0.491 e. The van der Waals surface area contributed by atoms with Crippen molar-refractivity contribution >= 4 is 15.9 Å². The largest absolute Gasteiger partial charge is 0.491 e. The summed E-state index contributed by atoms with van der Waals surface area (Å²) in [5.74, 6) is 0.763. The second kappa shape index (κ2) is 11.0. The summed E-state index contributed by atoms with van der Waals surface area (Å²) in [4.78, 5) is 0. The molecule has 0 fully saturated rings. The Kier molecular flexibility index (Phi) is 9.67. The van der Waals surface area contributed by atoms with Gasteiger partial charge in [0.2, 0.25) is 0 Å². The monoisotopic (exact) mass is 359 g/mol. The number of aliphatic hydroxyl groups excluding tert-OH is 1. The Labute approximate surface area is 136 Å². The zero-order chi connectivity index (χ0) is 15.5. The molecule has 5 heteroatoms. The second-order valence-electron chi connectivity index (χ2n) is 4.93. The molecule has 4 nitrogen and oxygen atoms in total. The van der Waals surface area contributed by atoms with E-state index in [4.69, 9.17) is 9.47 Å². The van der Waals surface area contributed by atoms with E-state index < -0.39 is 6.10 Å². The van der Waals surface area contributed by atoms with Crippen LogP contribution in [0.25, 0.3) is 0 Å². The van der Waals surface area contributed by atoms with Crippen LogP contribution in [0.1, 0.15) is 32.3 Å². The van der Waals surface area contributed by atoms with Crippen molar-refractivity contribution in [2.75, 3.05) is 26.4 Å². The van der Waals surface area contributed by atoms with Gasteiger partial charge in [-0.05, 0) is 36.7 Å². The Bertz CT molecular complexity index is 401. The van der Waals surface area contributed by atoms with Crippen molar-refractivity contribution in [1.82, 2.24) is 5.32 Å². The molecule has 0 radical (unpaired) electrons. The summed E-state index contributed by atoms with van der Waals surface area (Å²) in [6, 6.07) is 5.84. The molecule has 0 amide bonds. The molecule has 1 rings (SSSR count). The summed E-state index contributed by atoms with van der Waals surface area (Å²) < 4.78 is 12.0. The minimum atomic E-state index is -0.595.